The zero-order valence-electron chi connectivity index (χ0n) is 10.9. The van der Waals surface area contributed by atoms with E-state index in [4.69, 9.17) is 20.5 Å². The van der Waals surface area contributed by atoms with Gasteiger partial charge in [-0.3, -0.25) is 0 Å². The lowest BCUT2D eigenvalue weighted by atomic mass is 9.74. The summed E-state index contributed by atoms with van der Waals surface area (Å²) in [4.78, 5) is 0. The number of hydrogen-bond donors (Lipinski definition) is 1. The average molecular weight is 258 g/mol. The van der Waals surface area contributed by atoms with E-state index in [1.807, 2.05) is 0 Å². The summed E-state index contributed by atoms with van der Waals surface area (Å²) in [6, 6.07) is 7.26. The Hall–Kier alpha value is -1.73. The van der Waals surface area contributed by atoms with Crippen molar-refractivity contribution >= 4 is 5.69 Å². The lowest BCUT2D eigenvalue weighted by Crippen LogP contribution is -2.48. The molecule has 1 spiro atoms. The van der Waals surface area contributed by atoms with E-state index in [-0.39, 0.29) is 11.7 Å². The van der Waals surface area contributed by atoms with E-state index in [2.05, 4.69) is 6.07 Å². The van der Waals surface area contributed by atoms with Gasteiger partial charge in [0.1, 0.15) is 11.9 Å². The van der Waals surface area contributed by atoms with E-state index in [1.54, 1.807) is 18.2 Å². The molecule has 1 saturated carbocycles. The van der Waals surface area contributed by atoms with Crippen molar-refractivity contribution in [1.29, 1.82) is 5.26 Å². The molecule has 4 heteroatoms. The van der Waals surface area contributed by atoms with Crippen LogP contribution in [0.25, 0.3) is 0 Å². The molecule has 0 radical (unpaired) electrons. The van der Waals surface area contributed by atoms with Crippen molar-refractivity contribution in [3.05, 3.63) is 23.8 Å². The predicted molar refractivity (Wildman–Crippen MR) is 71.8 cm³/mol. The van der Waals surface area contributed by atoms with Gasteiger partial charge in [0.2, 0.25) is 0 Å². The maximum atomic E-state index is 8.82. The van der Waals surface area contributed by atoms with E-state index < -0.39 is 0 Å². The lowest BCUT2D eigenvalue weighted by Gasteiger charge is -2.46. The van der Waals surface area contributed by atoms with Crippen molar-refractivity contribution in [1.82, 2.24) is 0 Å². The Balaban J connectivity index is 1.69. The summed E-state index contributed by atoms with van der Waals surface area (Å²) in [5, 5.41) is 8.82. The summed E-state index contributed by atoms with van der Waals surface area (Å²) in [5.41, 5.74) is 7.09. The molecule has 1 saturated heterocycles. The third-order valence-electron chi connectivity index (χ3n) is 4.15. The molecule has 2 N–H and O–H groups in total. The maximum absolute atomic E-state index is 8.82. The molecule has 1 aliphatic heterocycles. The topological polar surface area (TPSA) is 68.3 Å². The molecule has 0 bridgehead atoms. The summed E-state index contributed by atoms with van der Waals surface area (Å²) in [6.45, 7) is 0.765. The first kappa shape index (κ1) is 12.3. The van der Waals surface area contributed by atoms with Crippen LogP contribution in [-0.2, 0) is 4.74 Å². The van der Waals surface area contributed by atoms with Crippen LogP contribution in [0.1, 0.15) is 37.7 Å². The van der Waals surface area contributed by atoms with Crippen molar-refractivity contribution < 1.29 is 9.47 Å². The average Bonchev–Trinajstić information content (AvgIpc) is 2.39. The summed E-state index contributed by atoms with van der Waals surface area (Å²) in [7, 11) is 0. The number of nitrogens with zero attached hydrogens (tertiary/aromatic N) is 1. The van der Waals surface area contributed by atoms with E-state index in [1.165, 1.54) is 6.42 Å². The van der Waals surface area contributed by atoms with E-state index >= 15 is 0 Å². The predicted octanol–water partition coefficient (Wildman–Crippen LogP) is 2.62. The van der Waals surface area contributed by atoms with Gasteiger partial charge in [0.25, 0.3) is 0 Å². The molecule has 1 aliphatic carbocycles. The molecule has 2 aliphatic rings. The summed E-state index contributed by atoms with van der Waals surface area (Å²) in [6.07, 6.45) is 5.58. The standard InChI is InChI=1S/C15H18N2O2/c16-10-11-2-3-14(13(17)8-11)19-12-4-7-18-15(9-12)5-1-6-15/h2-3,8,12H,1,4-7,9,17H2. The summed E-state index contributed by atoms with van der Waals surface area (Å²) < 4.78 is 11.9. The van der Waals surface area contributed by atoms with Gasteiger partial charge in [-0.1, -0.05) is 0 Å². The Morgan fingerprint density at radius 1 is 1.42 bits per heavy atom. The summed E-state index contributed by atoms with van der Waals surface area (Å²) in [5.74, 6) is 0.681. The molecule has 1 atom stereocenters. The zero-order valence-corrected chi connectivity index (χ0v) is 10.9. The van der Waals surface area contributed by atoms with Crippen LogP contribution in [0.3, 0.4) is 0 Å². The van der Waals surface area contributed by atoms with Crippen LogP contribution < -0.4 is 10.5 Å². The van der Waals surface area contributed by atoms with Crippen LogP contribution in [0.5, 0.6) is 5.75 Å². The molecule has 2 fully saturated rings. The number of rotatable bonds is 2. The molecular weight excluding hydrogens is 240 g/mol. The molecule has 1 unspecified atom stereocenters. The Morgan fingerprint density at radius 2 is 2.26 bits per heavy atom. The Labute approximate surface area is 113 Å². The second-order valence-corrected chi connectivity index (χ2v) is 5.48. The second-order valence-electron chi connectivity index (χ2n) is 5.48. The fraction of sp³-hybridized carbons (Fsp3) is 0.533. The van der Waals surface area contributed by atoms with Gasteiger partial charge in [-0.25, -0.2) is 0 Å². The second kappa shape index (κ2) is 4.75. The van der Waals surface area contributed by atoms with Gasteiger partial charge in [-0.05, 0) is 37.5 Å². The Morgan fingerprint density at radius 3 is 2.89 bits per heavy atom. The first-order valence-electron chi connectivity index (χ1n) is 6.81. The molecule has 1 heterocycles. The van der Waals surface area contributed by atoms with Gasteiger partial charge in [-0.15, -0.1) is 0 Å². The van der Waals surface area contributed by atoms with E-state index in [9.17, 15) is 0 Å². The molecule has 0 amide bonds. The van der Waals surface area contributed by atoms with Crippen molar-refractivity contribution in [2.45, 2.75) is 43.8 Å². The van der Waals surface area contributed by atoms with E-state index in [0.717, 1.165) is 32.3 Å². The smallest absolute Gasteiger partial charge is 0.142 e. The third-order valence-corrected chi connectivity index (χ3v) is 4.15. The number of nitrogen functional groups attached to an aromatic ring is 1. The fourth-order valence-corrected chi connectivity index (χ4v) is 2.91. The number of benzene rings is 1. The van der Waals surface area contributed by atoms with Gasteiger partial charge in [-0.2, -0.15) is 5.26 Å². The molecule has 1 aromatic carbocycles. The van der Waals surface area contributed by atoms with Crippen LogP contribution in [0, 0.1) is 11.3 Å². The van der Waals surface area contributed by atoms with Crippen LogP contribution in [0.2, 0.25) is 0 Å². The van der Waals surface area contributed by atoms with Crippen LogP contribution in [0.15, 0.2) is 18.2 Å². The largest absolute Gasteiger partial charge is 0.488 e. The minimum atomic E-state index is 0.0737. The molecule has 1 aromatic rings. The first-order valence-corrected chi connectivity index (χ1v) is 6.81. The van der Waals surface area contributed by atoms with Crippen LogP contribution >= 0.6 is 0 Å². The fourth-order valence-electron chi connectivity index (χ4n) is 2.91. The van der Waals surface area contributed by atoms with Crippen molar-refractivity contribution in [2.24, 2.45) is 0 Å². The lowest BCUT2D eigenvalue weighted by molar-refractivity contribution is -0.153. The maximum Gasteiger partial charge on any atom is 0.142 e. The van der Waals surface area contributed by atoms with Gasteiger partial charge in [0.15, 0.2) is 0 Å². The van der Waals surface area contributed by atoms with Gasteiger partial charge >= 0.3 is 0 Å². The highest BCUT2D eigenvalue weighted by Gasteiger charge is 2.43. The highest BCUT2D eigenvalue weighted by Crippen LogP contribution is 2.43. The first-order chi connectivity index (χ1) is 9.21. The molecule has 0 aromatic heterocycles. The number of nitrogens with two attached hydrogens (primary N) is 1. The zero-order chi connectivity index (χ0) is 13.3. The van der Waals surface area contributed by atoms with Crippen LogP contribution in [0.4, 0.5) is 5.69 Å². The number of nitriles is 1. The SMILES string of the molecule is N#Cc1ccc(OC2CCOC3(CCC3)C2)c(N)c1. The van der Waals surface area contributed by atoms with Gasteiger partial charge in [0.05, 0.1) is 29.5 Å². The molecule has 3 rings (SSSR count). The number of hydrogen-bond acceptors (Lipinski definition) is 4. The third kappa shape index (κ3) is 2.39. The normalized spacial score (nSPS) is 24.5. The molecule has 19 heavy (non-hydrogen) atoms. The number of ether oxygens (including phenoxy) is 2. The van der Waals surface area contributed by atoms with Crippen LogP contribution in [-0.4, -0.2) is 18.3 Å². The highest BCUT2D eigenvalue weighted by atomic mass is 16.5. The minimum Gasteiger partial charge on any atom is -0.488 e. The molecule has 100 valence electrons. The highest BCUT2D eigenvalue weighted by molar-refractivity contribution is 5.56. The van der Waals surface area contributed by atoms with Crippen molar-refractivity contribution in [3.63, 3.8) is 0 Å². The molecule has 4 nitrogen and oxygen atoms in total. The Bertz CT molecular complexity index is 517. The Kier molecular flexibility index (Phi) is 3.08. The van der Waals surface area contributed by atoms with E-state index in [0.29, 0.717) is 17.0 Å². The van der Waals surface area contributed by atoms with Gasteiger partial charge < -0.3 is 15.2 Å². The van der Waals surface area contributed by atoms with Crippen molar-refractivity contribution in [2.75, 3.05) is 12.3 Å². The van der Waals surface area contributed by atoms with Gasteiger partial charge in [0, 0.05) is 12.8 Å². The van der Waals surface area contributed by atoms with Crippen molar-refractivity contribution in [3.8, 4) is 11.8 Å². The monoisotopic (exact) mass is 258 g/mol. The molecular formula is C15H18N2O2. The quantitative estimate of drug-likeness (QED) is 0.828. The minimum absolute atomic E-state index is 0.0737. The number of anilines is 1. The summed E-state index contributed by atoms with van der Waals surface area (Å²) >= 11 is 0.